The van der Waals surface area contributed by atoms with Crippen LogP contribution in [-0.4, -0.2) is 46.7 Å². The van der Waals surface area contributed by atoms with E-state index in [1.807, 2.05) is 12.4 Å². The standard InChI is InChI=1S/C12H20N4OS/c1-3-13-12(16-5-4-10(17)7-16)14-6-11-9(2)15-8-18-11/h8,10,17H,3-7H2,1-2H3,(H,13,14)/t10-/m1/s1. The normalized spacial score (nSPS) is 20.5. The van der Waals surface area contributed by atoms with Gasteiger partial charge >= 0.3 is 0 Å². The summed E-state index contributed by atoms with van der Waals surface area (Å²) in [5.74, 6) is 0.891. The first-order valence-corrected chi connectivity index (χ1v) is 7.19. The van der Waals surface area contributed by atoms with Crippen LogP contribution < -0.4 is 5.32 Å². The summed E-state index contributed by atoms with van der Waals surface area (Å²) >= 11 is 1.64. The number of β-amino-alcohol motifs (C(OH)–C–C–N with tert-alkyl or cyclic N) is 1. The molecule has 1 aliphatic rings. The molecule has 2 heterocycles. The molecule has 2 N–H and O–H groups in total. The minimum absolute atomic E-state index is 0.223. The number of guanidine groups is 1. The van der Waals surface area contributed by atoms with Crippen LogP contribution in [0.3, 0.4) is 0 Å². The van der Waals surface area contributed by atoms with Gasteiger partial charge in [-0.15, -0.1) is 11.3 Å². The van der Waals surface area contributed by atoms with Gasteiger partial charge in [0.1, 0.15) is 0 Å². The Morgan fingerprint density at radius 3 is 3.11 bits per heavy atom. The fourth-order valence-electron chi connectivity index (χ4n) is 1.98. The smallest absolute Gasteiger partial charge is 0.194 e. The van der Waals surface area contributed by atoms with Crippen molar-refractivity contribution in [2.24, 2.45) is 4.99 Å². The van der Waals surface area contributed by atoms with Gasteiger partial charge in [0, 0.05) is 24.5 Å². The van der Waals surface area contributed by atoms with Gasteiger partial charge in [-0.05, 0) is 20.3 Å². The number of nitrogens with zero attached hydrogens (tertiary/aromatic N) is 3. The molecule has 6 heteroatoms. The zero-order valence-corrected chi connectivity index (χ0v) is 11.7. The number of rotatable bonds is 3. The van der Waals surface area contributed by atoms with Gasteiger partial charge in [0.2, 0.25) is 0 Å². The monoisotopic (exact) mass is 268 g/mol. The van der Waals surface area contributed by atoms with Gasteiger partial charge in [-0.2, -0.15) is 0 Å². The third-order valence-electron chi connectivity index (χ3n) is 3.02. The number of hydrogen-bond acceptors (Lipinski definition) is 4. The molecule has 0 aliphatic carbocycles. The van der Waals surface area contributed by atoms with Crippen LogP contribution in [-0.2, 0) is 6.54 Å². The lowest BCUT2D eigenvalue weighted by molar-refractivity contribution is 0.188. The second-order valence-electron chi connectivity index (χ2n) is 4.42. The van der Waals surface area contributed by atoms with Crippen molar-refractivity contribution >= 4 is 17.3 Å². The number of hydrogen-bond donors (Lipinski definition) is 2. The highest BCUT2D eigenvalue weighted by Crippen LogP contribution is 2.14. The maximum atomic E-state index is 9.58. The van der Waals surface area contributed by atoms with Gasteiger partial charge in [-0.1, -0.05) is 0 Å². The van der Waals surface area contributed by atoms with E-state index in [0.29, 0.717) is 13.1 Å². The van der Waals surface area contributed by atoms with Gasteiger partial charge in [-0.25, -0.2) is 9.98 Å². The third-order valence-corrected chi connectivity index (χ3v) is 3.93. The quantitative estimate of drug-likeness (QED) is 0.634. The molecule has 0 spiro atoms. The Kier molecular flexibility index (Phi) is 4.54. The van der Waals surface area contributed by atoms with Gasteiger partial charge in [-0.3, -0.25) is 0 Å². The van der Waals surface area contributed by atoms with Crippen LogP contribution in [0.25, 0.3) is 0 Å². The lowest BCUT2D eigenvalue weighted by Crippen LogP contribution is -2.40. The summed E-state index contributed by atoms with van der Waals surface area (Å²) < 4.78 is 0. The molecule has 100 valence electrons. The SMILES string of the molecule is CCNC(=NCc1scnc1C)N1CC[C@@H](O)C1. The van der Waals surface area contributed by atoms with Crippen molar-refractivity contribution in [1.82, 2.24) is 15.2 Å². The van der Waals surface area contributed by atoms with E-state index in [0.717, 1.165) is 31.2 Å². The molecule has 1 aromatic heterocycles. The summed E-state index contributed by atoms with van der Waals surface area (Å²) in [4.78, 5) is 12.2. The Morgan fingerprint density at radius 1 is 1.72 bits per heavy atom. The topological polar surface area (TPSA) is 60.8 Å². The van der Waals surface area contributed by atoms with Gasteiger partial charge in [0.05, 0.1) is 23.9 Å². The van der Waals surface area contributed by atoms with E-state index >= 15 is 0 Å². The molecule has 0 saturated carbocycles. The van der Waals surface area contributed by atoms with Crippen LogP contribution >= 0.6 is 11.3 Å². The summed E-state index contributed by atoms with van der Waals surface area (Å²) in [6, 6.07) is 0. The zero-order valence-electron chi connectivity index (χ0n) is 10.9. The van der Waals surface area contributed by atoms with Crippen molar-refractivity contribution in [3.05, 3.63) is 16.1 Å². The highest BCUT2D eigenvalue weighted by Gasteiger charge is 2.22. The summed E-state index contributed by atoms with van der Waals surface area (Å²) in [7, 11) is 0. The molecule has 1 aliphatic heterocycles. The van der Waals surface area contributed by atoms with Crippen LogP contribution in [0.4, 0.5) is 0 Å². The molecule has 0 radical (unpaired) electrons. The molecule has 0 aromatic carbocycles. The number of thiazole rings is 1. The van der Waals surface area contributed by atoms with Crippen LogP contribution in [0.2, 0.25) is 0 Å². The van der Waals surface area contributed by atoms with E-state index in [1.54, 1.807) is 11.3 Å². The molecule has 2 rings (SSSR count). The van der Waals surface area contributed by atoms with E-state index in [1.165, 1.54) is 4.88 Å². The Labute approximate surface area is 112 Å². The predicted octanol–water partition coefficient (Wildman–Crippen LogP) is 0.984. The summed E-state index contributed by atoms with van der Waals surface area (Å²) in [6.07, 6.45) is 0.600. The molecular formula is C12H20N4OS. The fraction of sp³-hybridized carbons (Fsp3) is 0.667. The number of likely N-dealkylation sites (tertiary alicyclic amines) is 1. The first kappa shape index (κ1) is 13.3. The Balaban J connectivity index is 2.02. The Bertz CT molecular complexity index is 418. The molecule has 0 amide bonds. The average molecular weight is 268 g/mol. The van der Waals surface area contributed by atoms with Gasteiger partial charge in [0.15, 0.2) is 5.96 Å². The fourth-order valence-corrected chi connectivity index (χ4v) is 2.69. The zero-order chi connectivity index (χ0) is 13.0. The van der Waals surface area contributed by atoms with E-state index in [9.17, 15) is 5.11 Å². The van der Waals surface area contributed by atoms with Crippen LogP contribution in [0.5, 0.6) is 0 Å². The molecule has 18 heavy (non-hydrogen) atoms. The largest absolute Gasteiger partial charge is 0.391 e. The first-order chi connectivity index (χ1) is 8.70. The molecule has 0 bridgehead atoms. The van der Waals surface area contributed by atoms with Gasteiger partial charge < -0.3 is 15.3 Å². The predicted molar refractivity (Wildman–Crippen MR) is 73.9 cm³/mol. The Morgan fingerprint density at radius 2 is 2.56 bits per heavy atom. The molecule has 5 nitrogen and oxygen atoms in total. The number of nitrogens with one attached hydrogen (secondary N) is 1. The average Bonchev–Trinajstić information content (AvgIpc) is 2.94. The number of aliphatic hydroxyl groups is 1. The second-order valence-corrected chi connectivity index (χ2v) is 5.36. The van der Waals surface area contributed by atoms with Crippen LogP contribution in [0, 0.1) is 6.92 Å². The van der Waals surface area contributed by atoms with E-state index < -0.39 is 0 Å². The molecule has 1 atom stereocenters. The van der Waals surface area contributed by atoms with Crippen molar-refractivity contribution in [3.63, 3.8) is 0 Å². The maximum absolute atomic E-state index is 9.58. The number of aliphatic imine (C=N–C) groups is 1. The molecular weight excluding hydrogens is 248 g/mol. The van der Waals surface area contributed by atoms with E-state index in [-0.39, 0.29) is 6.10 Å². The Hall–Kier alpha value is -1.14. The lowest BCUT2D eigenvalue weighted by atomic mass is 10.3. The third kappa shape index (κ3) is 3.20. The van der Waals surface area contributed by atoms with Crippen molar-refractivity contribution < 1.29 is 5.11 Å². The molecule has 1 fully saturated rings. The maximum Gasteiger partial charge on any atom is 0.194 e. The van der Waals surface area contributed by atoms with Crippen molar-refractivity contribution in [1.29, 1.82) is 0 Å². The van der Waals surface area contributed by atoms with Crippen molar-refractivity contribution in [2.75, 3.05) is 19.6 Å². The number of aromatic nitrogens is 1. The van der Waals surface area contributed by atoms with Gasteiger partial charge in [0.25, 0.3) is 0 Å². The highest BCUT2D eigenvalue weighted by atomic mass is 32.1. The van der Waals surface area contributed by atoms with Crippen molar-refractivity contribution in [2.45, 2.75) is 32.9 Å². The molecule has 1 saturated heterocycles. The van der Waals surface area contributed by atoms with E-state index in [4.69, 9.17) is 0 Å². The lowest BCUT2D eigenvalue weighted by Gasteiger charge is -2.20. The minimum atomic E-state index is -0.223. The summed E-state index contributed by atoms with van der Waals surface area (Å²) in [6.45, 7) is 7.11. The summed E-state index contributed by atoms with van der Waals surface area (Å²) in [5.41, 5.74) is 2.91. The van der Waals surface area contributed by atoms with Crippen molar-refractivity contribution in [3.8, 4) is 0 Å². The second kappa shape index (κ2) is 6.15. The van der Waals surface area contributed by atoms with Crippen LogP contribution in [0.15, 0.2) is 10.5 Å². The molecule has 0 unspecified atom stereocenters. The summed E-state index contributed by atoms with van der Waals surface area (Å²) in [5, 5.41) is 12.9. The highest BCUT2D eigenvalue weighted by molar-refractivity contribution is 7.09. The van der Waals surface area contributed by atoms with E-state index in [2.05, 4.69) is 27.1 Å². The van der Waals surface area contributed by atoms with Crippen LogP contribution in [0.1, 0.15) is 23.9 Å². The first-order valence-electron chi connectivity index (χ1n) is 6.31. The minimum Gasteiger partial charge on any atom is -0.391 e. The number of aliphatic hydroxyl groups excluding tert-OH is 1. The molecule has 1 aromatic rings. The number of aryl methyl sites for hydroxylation is 1.